The lowest BCUT2D eigenvalue weighted by Gasteiger charge is -2.02. The number of anilines is 1. The van der Waals surface area contributed by atoms with Crippen molar-refractivity contribution < 1.29 is 0 Å². The van der Waals surface area contributed by atoms with Gasteiger partial charge in [0.2, 0.25) is 5.13 Å². The topological polar surface area (TPSA) is 50.7 Å². The van der Waals surface area contributed by atoms with Crippen LogP contribution in [0.25, 0.3) is 0 Å². The van der Waals surface area contributed by atoms with Gasteiger partial charge in [-0.05, 0) is 19.4 Å². The molecule has 4 nitrogen and oxygen atoms in total. The molecule has 7 heteroatoms. The summed E-state index contributed by atoms with van der Waals surface area (Å²) in [5.74, 6) is 0.835. The van der Waals surface area contributed by atoms with E-state index in [1.165, 1.54) is 5.56 Å². The molecule has 0 saturated carbocycles. The predicted molar refractivity (Wildman–Crippen MR) is 99.6 cm³/mol. The molecular formula is C16H18N4S3. The quantitative estimate of drug-likeness (QED) is 0.618. The first-order valence-corrected chi connectivity index (χ1v) is 10.1. The lowest BCUT2D eigenvalue weighted by Crippen LogP contribution is -2.08. The Bertz CT molecular complexity index is 737. The van der Waals surface area contributed by atoms with Crippen molar-refractivity contribution in [3.8, 4) is 0 Å². The molecule has 0 fully saturated rings. The summed E-state index contributed by atoms with van der Waals surface area (Å²) in [4.78, 5) is 4.71. The lowest BCUT2D eigenvalue weighted by molar-refractivity contribution is 0.883. The van der Waals surface area contributed by atoms with E-state index in [2.05, 4.69) is 59.0 Å². The Morgan fingerprint density at radius 1 is 1.17 bits per heavy atom. The van der Waals surface area contributed by atoms with Gasteiger partial charge in [-0.25, -0.2) is 4.98 Å². The number of rotatable bonds is 7. The highest BCUT2D eigenvalue weighted by atomic mass is 32.2. The molecule has 120 valence electrons. The molecule has 0 aliphatic heterocycles. The van der Waals surface area contributed by atoms with Crippen molar-refractivity contribution in [1.29, 1.82) is 0 Å². The summed E-state index contributed by atoms with van der Waals surface area (Å²) in [7, 11) is 0. The molecule has 0 aliphatic carbocycles. The van der Waals surface area contributed by atoms with Crippen LogP contribution in [0.3, 0.4) is 0 Å². The summed E-state index contributed by atoms with van der Waals surface area (Å²) in [6, 6.07) is 10.8. The average Bonchev–Trinajstić information content (AvgIpc) is 3.15. The third-order valence-corrected chi connectivity index (χ3v) is 5.88. The van der Waals surface area contributed by atoms with Crippen molar-refractivity contribution in [2.24, 2.45) is 0 Å². The van der Waals surface area contributed by atoms with Crippen LogP contribution in [-0.4, -0.2) is 21.2 Å². The maximum atomic E-state index is 4.71. The van der Waals surface area contributed by atoms with Crippen LogP contribution in [0.5, 0.6) is 0 Å². The van der Waals surface area contributed by atoms with Crippen molar-refractivity contribution >= 4 is 39.6 Å². The van der Waals surface area contributed by atoms with Gasteiger partial charge in [-0.3, -0.25) is 0 Å². The van der Waals surface area contributed by atoms with Gasteiger partial charge in [0.15, 0.2) is 4.34 Å². The molecule has 0 spiro atoms. The Hall–Kier alpha value is -1.44. The second-order valence-electron chi connectivity index (χ2n) is 5.36. The van der Waals surface area contributed by atoms with Crippen LogP contribution in [0.4, 0.5) is 5.13 Å². The summed E-state index contributed by atoms with van der Waals surface area (Å²) in [5.41, 5.74) is 2.41. The van der Waals surface area contributed by atoms with Gasteiger partial charge in [0.25, 0.3) is 0 Å². The molecule has 0 saturated heterocycles. The number of benzene rings is 1. The summed E-state index contributed by atoms with van der Waals surface area (Å²) in [6.45, 7) is 4.19. The SMILES string of the molecule is CC(C)Nc1nnc(SCc2csc(Cc3ccccc3)n2)s1. The summed E-state index contributed by atoms with van der Waals surface area (Å²) in [6.07, 6.45) is 0.900. The number of thioether (sulfide) groups is 1. The number of hydrogen-bond donors (Lipinski definition) is 1. The van der Waals surface area contributed by atoms with E-state index in [-0.39, 0.29) is 0 Å². The molecule has 2 heterocycles. The van der Waals surface area contributed by atoms with Gasteiger partial charge < -0.3 is 5.32 Å². The van der Waals surface area contributed by atoms with E-state index in [0.29, 0.717) is 6.04 Å². The van der Waals surface area contributed by atoms with E-state index in [1.807, 2.05) is 6.07 Å². The standard InChI is InChI=1S/C16H18N4S3/c1-11(2)17-15-19-20-16(23-15)22-10-13-9-21-14(18-13)8-12-6-4-3-5-7-12/h3-7,9,11H,8,10H2,1-2H3,(H,17,19). The van der Waals surface area contributed by atoms with Crippen molar-refractivity contribution in [2.45, 2.75) is 36.4 Å². The molecule has 3 rings (SSSR count). The molecule has 0 aliphatic rings. The molecule has 0 radical (unpaired) electrons. The van der Waals surface area contributed by atoms with Crippen LogP contribution in [0.2, 0.25) is 0 Å². The Morgan fingerprint density at radius 2 is 2.00 bits per heavy atom. The number of nitrogens with zero attached hydrogens (tertiary/aromatic N) is 3. The van der Waals surface area contributed by atoms with Gasteiger partial charge in [-0.1, -0.05) is 53.4 Å². The maximum absolute atomic E-state index is 4.71. The third kappa shape index (κ3) is 5.02. The monoisotopic (exact) mass is 362 g/mol. The molecule has 2 aromatic heterocycles. The molecule has 1 N–H and O–H groups in total. The van der Waals surface area contributed by atoms with E-state index >= 15 is 0 Å². The highest BCUT2D eigenvalue weighted by Gasteiger charge is 2.08. The molecule has 0 amide bonds. The molecule has 3 aromatic rings. The van der Waals surface area contributed by atoms with Gasteiger partial charge in [0.05, 0.1) is 10.7 Å². The van der Waals surface area contributed by atoms with E-state index < -0.39 is 0 Å². The first-order valence-electron chi connectivity index (χ1n) is 7.39. The number of thiazole rings is 1. The fourth-order valence-electron chi connectivity index (χ4n) is 1.98. The average molecular weight is 363 g/mol. The van der Waals surface area contributed by atoms with Gasteiger partial charge in [-0.15, -0.1) is 21.5 Å². The van der Waals surface area contributed by atoms with Gasteiger partial charge in [-0.2, -0.15) is 0 Å². The summed E-state index contributed by atoms with van der Waals surface area (Å²) in [5, 5.41) is 15.8. The van der Waals surface area contributed by atoms with Crippen molar-refractivity contribution in [2.75, 3.05) is 5.32 Å². The van der Waals surface area contributed by atoms with Crippen LogP contribution in [0, 0.1) is 0 Å². The lowest BCUT2D eigenvalue weighted by atomic mass is 10.2. The zero-order valence-corrected chi connectivity index (χ0v) is 15.5. The minimum Gasteiger partial charge on any atom is -0.358 e. The van der Waals surface area contributed by atoms with Crippen LogP contribution >= 0.6 is 34.4 Å². The largest absolute Gasteiger partial charge is 0.358 e. The van der Waals surface area contributed by atoms with Gasteiger partial charge in [0.1, 0.15) is 0 Å². The van der Waals surface area contributed by atoms with Crippen molar-refractivity contribution in [3.05, 3.63) is 52.0 Å². The van der Waals surface area contributed by atoms with E-state index in [9.17, 15) is 0 Å². The predicted octanol–water partition coefficient (Wildman–Crippen LogP) is 4.70. The molecule has 0 atom stereocenters. The van der Waals surface area contributed by atoms with Gasteiger partial charge >= 0.3 is 0 Å². The molecule has 0 unspecified atom stereocenters. The highest BCUT2D eigenvalue weighted by Crippen LogP contribution is 2.29. The van der Waals surface area contributed by atoms with Crippen molar-refractivity contribution in [3.63, 3.8) is 0 Å². The Labute approximate surface area is 148 Å². The number of aromatic nitrogens is 3. The van der Waals surface area contributed by atoms with Crippen LogP contribution in [0.15, 0.2) is 40.1 Å². The Kier molecular flexibility index (Phi) is 5.64. The summed E-state index contributed by atoms with van der Waals surface area (Å²) >= 11 is 5.01. The van der Waals surface area contributed by atoms with Crippen molar-refractivity contribution in [1.82, 2.24) is 15.2 Å². The first kappa shape index (κ1) is 16.4. The Balaban J connectivity index is 1.54. The number of hydrogen-bond acceptors (Lipinski definition) is 7. The normalized spacial score (nSPS) is 11.1. The zero-order chi connectivity index (χ0) is 16.1. The van der Waals surface area contributed by atoms with E-state index in [4.69, 9.17) is 4.98 Å². The van der Waals surface area contributed by atoms with Gasteiger partial charge in [0, 0.05) is 23.6 Å². The second kappa shape index (κ2) is 7.90. The molecule has 1 aromatic carbocycles. The maximum Gasteiger partial charge on any atom is 0.206 e. The smallest absolute Gasteiger partial charge is 0.206 e. The van der Waals surface area contributed by atoms with Crippen LogP contribution < -0.4 is 5.32 Å². The van der Waals surface area contributed by atoms with Crippen LogP contribution in [-0.2, 0) is 12.2 Å². The summed E-state index contributed by atoms with van der Waals surface area (Å²) < 4.78 is 0.978. The number of nitrogens with one attached hydrogen (secondary N) is 1. The molecule has 0 bridgehead atoms. The molecular weight excluding hydrogens is 344 g/mol. The van der Waals surface area contributed by atoms with Crippen LogP contribution in [0.1, 0.15) is 30.1 Å². The van der Waals surface area contributed by atoms with E-state index in [0.717, 1.165) is 32.3 Å². The second-order valence-corrected chi connectivity index (χ2v) is 8.50. The minimum absolute atomic E-state index is 0.375. The fourth-order valence-corrected chi connectivity index (χ4v) is 4.70. The molecule has 23 heavy (non-hydrogen) atoms. The zero-order valence-electron chi connectivity index (χ0n) is 13.0. The minimum atomic E-state index is 0.375. The highest BCUT2D eigenvalue weighted by molar-refractivity contribution is 8.00. The Morgan fingerprint density at radius 3 is 2.78 bits per heavy atom. The fraction of sp³-hybridized carbons (Fsp3) is 0.312. The third-order valence-electron chi connectivity index (χ3n) is 2.96. The first-order chi connectivity index (χ1) is 11.2. The van der Waals surface area contributed by atoms with E-state index in [1.54, 1.807) is 34.4 Å².